The molecule has 0 radical (unpaired) electrons. The van der Waals surface area contributed by atoms with Crippen molar-refractivity contribution in [2.24, 2.45) is 0 Å². The Bertz CT molecular complexity index is 197. The minimum absolute atomic E-state index is 0.778. The van der Waals surface area contributed by atoms with Crippen LogP contribution >= 0.6 is 0 Å². The molecule has 2 fully saturated rings. The van der Waals surface area contributed by atoms with Crippen molar-refractivity contribution >= 4 is 0 Å². The molecule has 1 atom stereocenters. The smallest absolute Gasteiger partial charge is 0.0207 e. The summed E-state index contributed by atoms with van der Waals surface area (Å²) in [4.78, 5) is 2.78. The van der Waals surface area contributed by atoms with E-state index in [1.807, 2.05) is 0 Å². The topological polar surface area (TPSA) is 15.3 Å². The van der Waals surface area contributed by atoms with E-state index in [-0.39, 0.29) is 0 Å². The lowest BCUT2D eigenvalue weighted by molar-refractivity contribution is 0.198. The number of hydrogen-bond acceptors (Lipinski definition) is 2. The van der Waals surface area contributed by atoms with E-state index in [0.29, 0.717) is 0 Å². The number of nitrogens with zero attached hydrogens (tertiary/aromatic N) is 1. The zero-order valence-corrected chi connectivity index (χ0v) is 11.6. The highest BCUT2D eigenvalue weighted by atomic mass is 15.2. The summed E-state index contributed by atoms with van der Waals surface area (Å²) in [6.45, 7) is 6.11. The van der Waals surface area contributed by atoms with Crippen LogP contribution in [0.5, 0.6) is 0 Å². The highest BCUT2D eigenvalue weighted by molar-refractivity contribution is 4.85. The van der Waals surface area contributed by atoms with Gasteiger partial charge in [-0.1, -0.05) is 39.0 Å². The first-order valence-corrected chi connectivity index (χ1v) is 7.87. The fraction of sp³-hybridized carbons (Fsp3) is 1.00. The molecule has 0 bridgehead atoms. The summed E-state index contributed by atoms with van der Waals surface area (Å²) < 4.78 is 0. The Kier molecular flexibility index (Phi) is 5.79. The second-order valence-corrected chi connectivity index (χ2v) is 5.93. The monoisotopic (exact) mass is 238 g/mol. The molecular weight excluding hydrogens is 208 g/mol. The van der Waals surface area contributed by atoms with Crippen LogP contribution in [0.15, 0.2) is 0 Å². The van der Waals surface area contributed by atoms with Crippen LogP contribution < -0.4 is 5.32 Å². The molecule has 0 spiro atoms. The Hall–Kier alpha value is -0.0800. The largest absolute Gasteiger partial charge is 0.313 e. The summed E-state index contributed by atoms with van der Waals surface area (Å²) in [6.07, 6.45) is 12.9. The zero-order valence-electron chi connectivity index (χ0n) is 11.6. The van der Waals surface area contributed by atoms with Crippen LogP contribution in [0.3, 0.4) is 0 Å². The van der Waals surface area contributed by atoms with Crippen molar-refractivity contribution in [3.63, 3.8) is 0 Å². The average Bonchev–Trinajstić information content (AvgIpc) is 2.74. The Balaban J connectivity index is 1.73. The molecule has 2 heteroatoms. The van der Waals surface area contributed by atoms with Crippen LogP contribution in [-0.4, -0.2) is 36.6 Å². The molecular formula is C15H30N2. The number of hydrogen-bond donors (Lipinski definition) is 1. The predicted octanol–water partition coefficient (Wildman–Crippen LogP) is 3.17. The van der Waals surface area contributed by atoms with Crippen molar-refractivity contribution in [3.05, 3.63) is 0 Å². The van der Waals surface area contributed by atoms with E-state index in [9.17, 15) is 0 Å². The van der Waals surface area contributed by atoms with Gasteiger partial charge < -0.3 is 5.32 Å². The lowest BCUT2D eigenvalue weighted by Crippen LogP contribution is -2.38. The summed E-state index contributed by atoms with van der Waals surface area (Å²) in [5, 5.41) is 3.69. The van der Waals surface area contributed by atoms with E-state index in [0.717, 1.165) is 12.1 Å². The van der Waals surface area contributed by atoms with Crippen molar-refractivity contribution in [3.8, 4) is 0 Å². The molecule has 0 amide bonds. The maximum Gasteiger partial charge on any atom is 0.0207 e. The van der Waals surface area contributed by atoms with Crippen molar-refractivity contribution in [2.45, 2.75) is 76.8 Å². The molecule has 2 rings (SSSR count). The van der Waals surface area contributed by atoms with Gasteiger partial charge in [-0.3, -0.25) is 4.90 Å². The molecule has 1 unspecified atom stereocenters. The van der Waals surface area contributed by atoms with Crippen molar-refractivity contribution < 1.29 is 0 Å². The van der Waals surface area contributed by atoms with Gasteiger partial charge in [0.05, 0.1) is 0 Å². The number of likely N-dealkylation sites (tertiary alicyclic amines) is 1. The summed E-state index contributed by atoms with van der Waals surface area (Å²) in [5.41, 5.74) is 0. The van der Waals surface area contributed by atoms with E-state index < -0.39 is 0 Å². The first-order valence-electron chi connectivity index (χ1n) is 7.87. The summed E-state index contributed by atoms with van der Waals surface area (Å²) in [5.74, 6) is 0. The van der Waals surface area contributed by atoms with Gasteiger partial charge >= 0.3 is 0 Å². The van der Waals surface area contributed by atoms with Crippen LogP contribution in [0, 0.1) is 0 Å². The fourth-order valence-corrected chi connectivity index (χ4v) is 3.43. The van der Waals surface area contributed by atoms with E-state index in [1.165, 1.54) is 77.4 Å². The van der Waals surface area contributed by atoms with Crippen LogP contribution in [0.4, 0.5) is 0 Å². The number of nitrogens with one attached hydrogen (secondary N) is 1. The molecule has 1 N–H and O–H groups in total. The predicted molar refractivity (Wildman–Crippen MR) is 74.4 cm³/mol. The minimum Gasteiger partial charge on any atom is -0.313 e. The van der Waals surface area contributed by atoms with E-state index in [4.69, 9.17) is 0 Å². The highest BCUT2D eigenvalue weighted by Crippen LogP contribution is 2.24. The van der Waals surface area contributed by atoms with Crippen LogP contribution in [0.25, 0.3) is 0 Å². The molecule has 1 aliphatic heterocycles. The summed E-state index contributed by atoms with van der Waals surface area (Å²) in [7, 11) is 0. The first kappa shape index (κ1) is 13.4. The second kappa shape index (κ2) is 7.38. The van der Waals surface area contributed by atoms with Gasteiger partial charge in [-0.25, -0.2) is 0 Å². The van der Waals surface area contributed by atoms with Gasteiger partial charge in [-0.2, -0.15) is 0 Å². The molecule has 1 saturated heterocycles. The first-order chi connectivity index (χ1) is 8.40. The highest BCUT2D eigenvalue weighted by Gasteiger charge is 2.27. The van der Waals surface area contributed by atoms with Crippen LogP contribution in [-0.2, 0) is 0 Å². The summed E-state index contributed by atoms with van der Waals surface area (Å²) in [6, 6.07) is 1.68. The average molecular weight is 238 g/mol. The third-order valence-corrected chi connectivity index (χ3v) is 4.49. The van der Waals surface area contributed by atoms with Gasteiger partial charge in [0.15, 0.2) is 0 Å². The molecule has 1 heterocycles. The Labute approximate surface area is 107 Å². The molecule has 0 aromatic heterocycles. The third-order valence-electron chi connectivity index (χ3n) is 4.49. The fourth-order valence-electron chi connectivity index (χ4n) is 3.43. The minimum atomic E-state index is 0.778. The quantitative estimate of drug-likeness (QED) is 0.809. The van der Waals surface area contributed by atoms with Crippen LogP contribution in [0.2, 0.25) is 0 Å². The van der Waals surface area contributed by atoms with E-state index >= 15 is 0 Å². The lowest BCUT2D eigenvalue weighted by Gasteiger charge is -2.29. The molecule has 2 nitrogen and oxygen atoms in total. The van der Waals surface area contributed by atoms with Gasteiger partial charge in [-0.05, 0) is 32.2 Å². The van der Waals surface area contributed by atoms with Gasteiger partial charge in [-0.15, -0.1) is 0 Å². The lowest BCUT2D eigenvalue weighted by atomic mass is 9.96. The zero-order chi connectivity index (χ0) is 11.9. The van der Waals surface area contributed by atoms with Gasteiger partial charge in [0.2, 0.25) is 0 Å². The Morgan fingerprint density at radius 3 is 2.41 bits per heavy atom. The van der Waals surface area contributed by atoms with Gasteiger partial charge in [0.1, 0.15) is 0 Å². The third kappa shape index (κ3) is 4.26. The Morgan fingerprint density at radius 2 is 1.71 bits per heavy atom. The second-order valence-electron chi connectivity index (χ2n) is 5.93. The van der Waals surface area contributed by atoms with Gasteiger partial charge in [0.25, 0.3) is 0 Å². The van der Waals surface area contributed by atoms with Crippen molar-refractivity contribution in [1.82, 2.24) is 10.2 Å². The molecule has 1 saturated carbocycles. The van der Waals surface area contributed by atoms with Crippen LogP contribution in [0.1, 0.15) is 64.7 Å². The standard InChI is InChI=1S/C15H30N2/c1-2-11-16-14-10-12-17(13-14)15-8-6-4-3-5-7-9-15/h14-16H,2-13H2,1H3. The van der Waals surface area contributed by atoms with E-state index in [1.54, 1.807) is 0 Å². The Morgan fingerprint density at radius 1 is 1.00 bits per heavy atom. The van der Waals surface area contributed by atoms with Crippen molar-refractivity contribution in [2.75, 3.05) is 19.6 Å². The molecule has 100 valence electrons. The molecule has 17 heavy (non-hydrogen) atoms. The van der Waals surface area contributed by atoms with E-state index in [2.05, 4.69) is 17.1 Å². The maximum atomic E-state index is 3.69. The molecule has 0 aromatic rings. The molecule has 0 aromatic carbocycles. The maximum absolute atomic E-state index is 3.69. The normalized spacial score (nSPS) is 29.1. The number of rotatable bonds is 4. The van der Waals surface area contributed by atoms with Crippen molar-refractivity contribution in [1.29, 1.82) is 0 Å². The SMILES string of the molecule is CCCNC1CCN(C2CCCCCCC2)C1. The molecule has 1 aliphatic carbocycles. The van der Waals surface area contributed by atoms with Gasteiger partial charge in [0, 0.05) is 25.2 Å². The summed E-state index contributed by atoms with van der Waals surface area (Å²) >= 11 is 0. The molecule has 2 aliphatic rings.